The van der Waals surface area contributed by atoms with Gasteiger partial charge in [-0.15, -0.1) is 0 Å². The monoisotopic (exact) mass is 380 g/mol. The number of nitrogens with one attached hydrogen (secondary N) is 1. The van der Waals surface area contributed by atoms with Crippen LogP contribution in [0.2, 0.25) is 0 Å². The van der Waals surface area contributed by atoms with Gasteiger partial charge >= 0.3 is 6.03 Å². The molecular formula is C19H32N4O4. The lowest BCUT2D eigenvalue weighted by atomic mass is 10.0. The van der Waals surface area contributed by atoms with Crippen molar-refractivity contribution >= 4 is 23.6 Å². The van der Waals surface area contributed by atoms with Crippen molar-refractivity contribution in [2.45, 2.75) is 59.0 Å². The first-order chi connectivity index (χ1) is 12.8. The summed E-state index contributed by atoms with van der Waals surface area (Å²) in [6.45, 7) is 9.26. The van der Waals surface area contributed by atoms with E-state index >= 15 is 0 Å². The summed E-state index contributed by atoms with van der Waals surface area (Å²) in [6, 6.07) is -0.912. The highest BCUT2D eigenvalue weighted by molar-refractivity contribution is 5.97. The maximum absolute atomic E-state index is 13.1. The Labute approximate surface area is 161 Å². The van der Waals surface area contributed by atoms with Crippen LogP contribution in [0, 0.1) is 5.92 Å². The third-order valence-electron chi connectivity index (χ3n) is 5.57. The number of ketones is 1. The van der Waals surface area contributed by atoms with Gasteiger partial charge in [0.15, 0.2) is 5.78 Å². The van der Waals surface area contributed by atoms with Crippen LogP contribution in [0.1, 0.15) is 47.0 Å². The van der Waals surface area contributed by atoms with Crippen LogP contribution < -0.4 is 5.32 Å². The lowest BCUT2D eigenvalue weighted by molar-refractivity contribution is -0.137. The third kappa shape index (κ3) is 4.42. The lowest BCUT2D eigenvalue weighted by Crippen LogP contribution is -2.49. The van der Waals surface area contributed by atoms with Crippen LogP contribution in [0.5, 0.6) is 0 Å². The molecule has 0 aromatic heterocycles. The second kappa shape index (κ2) is 9.19. The molecule has 2 aliphatic rings. The summed E-state index contributed by atoms with van der Waals surface area (Å²) in [7, 11) is 0. The van der Waals surface area contributed by atoms with Gasteiger partial charge in [0.2, 0.25) is 11.8 Å². The SMILES string of the molecule is CCC[C@@H](CNC(C)=O)C(=O)N1CC(=O)[C@@H]2[C@H]1CCN2C(=O)N(CC)CC. The van der Waals surface area contributed by atoms with Gasteiger partial charge < -0.3 is 20.0 Å². The number of Topliss-reactive ketones (excluding diaryl/α,β-unsaturated/α-hetero) is 1. The quantitative estimate of drug-likeness (QED) is 0.709. The van der Waals surface area contributed by atoms with Crippen LogP contribution in [0.3, 0.4) is 0 Å². The molecule has 0 saturated carbocycles. The normalized spacial score (nSPS) is 22.6. The number of carbonyl (C=O) groups excluding carboxylic acids is 4. The fraction of sp³-hybridized carbons (Fsp3) is 0.789. The van der Waals surface area contributed by atoms with Gasteiger partial charge in [-0.1, -0.05) is 13.3 Å². The van der Waals surface area contributed by atoms with Crippen molar-refractivity contribution in [3.63, 3.8) is 0 Å². The molecule has 3 atom stereocenters. The molecule has 8 heteroatoms. The highest BCUT2D eigenvalue weighted by atomic mass is 16.2. The topological polar surface area (TPSA) is 90.0 Å². The van der Waals surface area contributed by atoms with Gasteiger partial charge in [-0.25, -0.2) is 4.79 Å². The molecule has 0 bridgehead atoms. The molecule has 27 heavy (non-hydrogen) atoms. The number of rotatable bonds is 7. The van der Waals surface area contributed by atoms with E-state index in [2.05, 4.69) is 5.32 Å². The van der Waals surface area contributed by atoms with Crippen LogP contribution in [-0.4, -0.2) is 83.1 Å². The van der Waals surface area contributed by atoms with Crippen molar-refractivity contribution in [3.8, 4) is 0 Å². The average molecular weight is 380 g/mol. The maximum atomic E-state index is 13.1. The Balaban J connectivity index is 2.13. The van der Waals surface area contributed by atoms with Crippen LogP contribution >= 0.6 is 0 Å². The summed E-state index contributed by atoms with van der Waals surface area (Å²) in [4.78, 5) is 54.7. The van der Waals surface area contributed by atoms with Gasteiger partial charge in [0, 0.05) is 33.1 Å². The maximum Gasteiger partial charge on any atom is 0.320 e. The van der Waals surface area contributed by atoms with Crippen molar-refractivity contribution in [2.75, 3.05) is 32.7 Å². The summed E-state index contributed by atoms with van der Waals surface area (Å²) in [5.41, 5.74) is 0. The minimum atomic E-state index is -0.537. The summed E-state index contributed by atoms with van der Waals surface area (Å²) in [6.07, 6.45) is 2.09. The Kier molecular flexibility index (Phi) is 7.21. The predicted molar refractivity (Wildman–Crippen MR) is 101 cm³/mol. The van der Waals surface area contributed by atoms with Gasteiger partial charge in [0.05, 0.1) is 18.5 Å². The molecule has 0 aromatic rings. The van der Waals surface area contributed by atoms with Gasteiger partial charge in [0.25, 0.3) is 0 Å². The van der Waals surface area contributed by atoms with E-state index in [1.807, 2.05) is 20.8 Å². The van der Waals surface area contributed by atoms with E-state index in [0.29, 0.717) is 32.5 Å². The van der Waals surface area contributed by atoms with E-state index in [4.69, 9.17) is 0 Å². The van der Waals surface area contributed by atoms with Gasteiger partial charge in [-0.3, -0.25) is 14.4 Å². The Morgan fingerprint density at radius 1 is 1.19 bits per heavy atom. The van der Waals surface area contributed by atoms with Crippen LogP contribution in [0.15, 0.2) is 0 Å². The minimum absolute atomic E-state index is 0.0521. The van der Waals surface area contributed by atoms with Crippen molar-refractivity contribution in [1.82, 2.24) is 20.0 Å². The number of urea groups is 1. The van der Waals surface area contributed by atoms with Gasteiger partial charge in [-0.05, 0) is 26.7 Å². The molecule has 0 aliphatic carbocycles. The van der Waals surface area contributed by atoms with Crippen molar-refractivity contribution in [2.24, 2.45) is 5.92 Å². The van der Waals surface area contributed by atoms with E-state index in [1.54, 1.807) is 14.7 Å². The molecule has 1 N–H and O–H groups in total. The molecule has 2 aliphatic heterocycles. The summed E-state index contributed by atoms with van der Waals surface area (Å²) >= 11 is 0. The number of nitrogens with zero attached hydrogens (tertiary/aromatic N) is 3. The first-order valence-corrected chi connectivity index (χ1v) is 9.98. The lowest BCUT2D eigenvalue weighted by Gasteiger charge is -2.30. The zero-order valence-electron chi connectivity index (χ0n) is 16.9. The van der Waals surface area contributed by atoms with Gasteiger partial charge in [0.1, 0.15) is 6.04 Å². The minimum Gasteiger partial charge on any atom is -0.356 e. The highest BCUT2D eigenvalue weighted by Gasteiger charge is 2.52. The molecule has 4 amide bonds. The molecule has 2 rings (SSSR count). The largest absolute Gasteiger partial charge is 0.356 e. The second-order valence-corrected chi connectivity index (χ2v) is 7.30. The summed E-state index contributed by atoms with van der Waals surface area (Å²) < 4.78 is 0. The first kappa shape index (κ1) is 21.2. The molecule has 8 nitrogen and oxygen atoms in total. The number of hydrogen-bond donors (Lipinski definition) is 1. The molecule has 2 fully saturated rings. The average Bonchev–Trinajstić information content (AvgIpc) is 3.20. The summed E-state index contributed by atoms with van der Waals surface area (Å²) in [5.74, 6) is -0.668. The van der Waals surface area contributed by atoms with Crippen molar-refractivity contribution in [1.29, 1.82) is 0 Å². The zero-order valence-corrected chi connectivity index (χ0v) is 16.9. The Morgan fingerprint density at radius 3 is 2.41 bits per heavy atom. The number of fused-ring (bicyclic) bond motifs is 1. The highest BCUT2D eigenvalue weighted by Crippen LogP contribution is 2.32. The Hall–Kier alpha value is -2.12. The Bertz CT molecular complexity index is 590. The molecule has 0 unspecified atom stereocenters. The van der Waals surface area contributed by atoms with Crippen LogP contribution in [-0.2, 0) is 14.4 Å². The second-order valence-electron chi connectivity index (χ2n) is 7.30. The van der Waals surface area contributed by atoms with E-state index in [9.17, 15) is 19.2 Å². The fourth-order valence-electron chi connectivity index (χ4n) is 4.16. The molecule has 0 aromatic carbocycles. The van der Waals surface area contributed by atoms with E-state index in [1.165, 1.54) is 6.92 Å². The third-order valence-corrected chi connectivity index (χ3v) is 5.57. The molecule has 152 valence electrons. The number of carbonyl (C=O) groups is 4. The first-order valence-electron chi connectivity index (χ1n) is 9.98. The van der Waals surface area contributed by atoms with Gasteiger partial charge in [-0.2, -0.15) is 0 Å². The molecule has 0 spiro atoms. The molecular weight excluding hydrogens is 348 g/mol. The number of amides is 4. The van der Waals surface area contributed by atoms with Crippen LogP contribution in [0.4, 0.5) is 4.79 Å². The molecule has 2 heterocycles. The number of hydrogen-bond acceptors (Lipinski definition) is 4. The van der Waals surface area contributed by atoms with Crippen molar-refractivity contribution in [3.05, 3.63) is 0 Å². The molecule has 2 saturated heterocycles. The molecule has 0 radical (unpaired) electrons. The zero-order chi connectivity index (χ0) is 20.1. The Morgan fingerprint density at radius 2 is 1.85 bits per heavy atom. The van der Waals surface area contributed by atoms with E-state index in [-0.39, 0.29) is 48.7 Å². The summed E-state index contributed by atoms with van der Waals surface area (Å²) in [5, 5.41) is 2.72. The standard InChI is InChI=1S/C19H32N4O4/c1-5-8-14(11-20-13(4)24)18(26)23-12-16(25)17-15(23)9-10-22(17)19(27)21(6-2)7-3/h14-15,17H,5-12H2,1-4H3,(H,20,24)/t14-,15+,17-/m0/s1. The van der Waals surface area contributed by atoms with Crippen LogP contribution in [0.25, 0.3) is 0 Å². The fourth-order valence-corrected chi connectivity index (χ4v) is 4.16. The van der Waals surface area contributed by atoms with E-state index in [0.717, 1.165) is 6.42 Å². The smallest absolute Gasteiger partial charge is 0.320 e. The van der Waals surface area contributed by atoms with Crippen molar-refractivity contribution < 1.29 is 19.2 Å². The van der Waals surface area contributed by atoms with E-state index < -0.39 is 6.04 Å². The predicted octanol–water partition coefficient (Wildman–Crippen LogP) is 0.855. The number of likely N-dealkylation sites (tertiary alicyclic amines) is 2.